The minimum absolute atomic E-state index is 0.319. The van der Waals surface area contributed by atoms with E-state index in [1.165, 1.54) is 16.7 Å². The highest BCUT2D eigenvalue weighted by molar-refractivity contribution is 6.62. The standard InChI is InChI=1S/C22H29BO3/c1-15-12-16(2)17(3)20(13-15)24-14-18-8-10-19(11-9-18)23-25-21(4,5)22(6,7)26-23/h8-13H,14H2,1-7H3. The van der Waals surface area contributed by atoms with E-state index in [-0.39, 0.29) is 18.3 Å². The Hall–Kier alpha value is -1.78. The second-order valence-electron chi connectivity index (χ2n) is 8.32. The van der Waals surface area contributed by atoms with E-state index in [9.17, 15) is 0 Å². The SMILES string of the molecule is Cc1cc(C)c(C)c(OCc2ccc(B3OC(C)(C)C(C)(C)O3)cc2)c1. The maximum atomic E-state index is 6.11. The van der Waals surface area contributed by atoms with Gasteiger partial charge in [0, 0.05) is 0 Å². The van der Waals surface area contributed by atoms with Gasteiger partial charge < -0.3 is 14.0 Å². The summed E-state index contributed by atoms with van der Waals surface area (Å²) in [5, 5.41) is 0. The summed E-state index contributed by atoms with van der Waals surface area (Å²) in [5.74, 6) is 0.956. The van der Waals surface area contributed by atoms with Crippen LogP contribution < -0.4 is 10.2 Å². The summed E-state index contributed by atoms with van der Waals surface area (Å²) in [4.78, 5) is 0. The molecule has 0 N–H and O–H groups in total. The Morgan fingerprint density at radius 3 is 2.04 bits per heavy atom. The molecule has 0 unspecified atom stereocenters. The van der Waals surface area contributed by atoms with Crippen LogP contribution in [0.5, 0.6) is 5.75 Å². The van der Waals surface area contributed by atoms with Gasteiger partial charge in [-0.1, -0.05) is 30.3 Å². The number of ether oxygens (including phenoxy) is 1. The third-order valence-electron chi connectivity index (χ3n) is 5.66. The topological polar surface area (TPSA) is 27.7 Å². The lowest BCUT2D eigenvalue weighted by Crippen LogP contribution is -2.41. The van der Waals surface area contributed by atoms with Crippen LogP contribution in [0.25, 0.3) is 0 Å². The number of benzene rings is 2. The van der Waals surface area contributed by atoms with Gasteiger partial charge in [-0.3, -0.25) is 0 Å². The van der Waals surface area contributed by atoms with E-state index < -0.39 is 0 Å². The second-order valence-corrected chi connectivity index (χ2v) is 8.32. The number of aryl methyl sites for hydroxylation is 2. The lowest BCUT2D eigenvalue weighted by molar-refractivity contribution is 0.00578. The van der Waals surface area contributed by atoms with Crippen molar-refractivity contribution in [2.45, 2.75) is 66.3 Å². The van der Waals surface area contributed by atoms with Crippen LogP contribution in [0, 0.1) is 20.8 Å². The second kappa shape index (κ2) is 6.75. The van der Waals surface area contributed by atoms with Crippen LogP contribution in [-0.4, -0.2) is 18.3 Å². The number of hydrogen-bond donors (Lipinski definition) is 0. The van der Waals surface area contributed by atoms with Crippen molar-refractivity contribution in [2.24, 2.45) is 0 Å². The molecular formula is C22H29BO3. The van der Waals surface area contributed by atoms with Gasteiger partial charge in [0.2, 0.25) is 0 Å². The van der Waals surface area contributed by atoms with Gasteiger partial charge in [-0.15, -0.1) is 0 Å². The number of rotatable bonds is 4. The molecule has 0 atom stereocenters. The molecular weight excluding hydrogens is 323 g/mol. The zero-order chi connectivity index (χ0) is 19.1. The average molecular weight is 352 g/mol. The molecule has 2 aromatic rings. The van der Waals surface area contributed by atoms with Gasteiger partial charge in [-0.25, -0.2) is 0 Å². The van der Waals surface area contributed by atoms with Crippen LogP contribution in [0.1, 0.15) is 49.9 Å². The molecule has 0 saturated carbocycles. The Labute approximate surface area is 157 Å². The fraction of sp³-hybridized carbons (Fsp3) is 0.455. The molecule has 4 heteroatoms. The van der Waals surface area contributed by atoms with Gasteiger partial charge in [0.05, 0.1) is 11.2 Å². The Bertz CT molecular complexity index is 778. The van der Waals surface area contributed by atoms with E-state index in [1.54, 1.807) is 0 Å². The highest BCUT2D eigenvalue weighted by Gasteiger charge is 2.51. The van der Waals surface area contributed by atoms with E-state index in [4.69, 9.17) is 14.0 Å². The predicted octanol–water partition coefficient (Wildman–Crippen LogP) is 4.49. The molecule has 1 heterocycles. The highest BCUT2D eigenvalue weighted by atomic mass is 16.7. The van der Waals surface area contributed by atoms with Crippen LogP contribution in [-0.2, 0) is 15.9 Å². The van der Waals surface area contributed by atoms with Gasteiger partial charge in [-0.2, -0.15) is 0 Å². The zero-order valence-corrected chi connectivity index (χ0v) is 17.0. The summed E-state index contributed by atoms with van der Waals surface area (Å²) in [6.45, 7) is 15.2. The van der Waals surface area contributed by atoms with Gasteiger partial charge in [0.25, 0.3) is 0 Å². The van der Waals surface area contributed by atoms with Crippen molar-refractivity contribution in [1.29, 1.82) is 0 Å². The van der Waals surface area contributed by atoms with Crippen molar-refractivity contribution in [3.05, 3.63) is 58.7 Å². The molecule has 0 aromatic heterocycles. The van der Waals surface area contributed by atoms with Gasteiger partial charge in [-0.05, 0) is 82.2 Å². The zero-order valence-electron chi connectivity index (χ0n) is 17.0. The Balaban J connectivity index is 1.68. The molecule has 1 saturated heterocycles. The summed E-state index contributed by atoms with van der Waals surface area (Å²) >= 11 is 0. The molecule has 3 nitrogen and oxygen atoms in total. The van der Waals surface area contributed by atoms with Crippen LogP contribution in [0.15, 0.2) is 36.4 Å². The average Bonchev–Trinajstić information content (AvgIpc) is 2.78. The smallest absolute Gasteiger partial charge is 0.489 e. The van der Waals surface area contributed by atoms with Gasteiger partial charge >= 0.3 is 7.12 Å². The normalized spacial score (nSPS) is 18.2. The van der Waals surface area contributed by atoms with Crippen LogP contribution in [0.4, 0.5) is 0 Å². The van der Waals surface area contributed by atoms with Crippen molar-refractivity contribution in [3.63, 3.8) is 0 Å². The van der Waals surface area contributed by atoms with Crippen molar-refractivity contribution < 1.29 is 14.0 Å². The first-order chi connectivity index (χ1) is 12.1. The molecule has 0 spiro atoms. The molecule has 1 aliphatic heterocycles. The van der Waals surface area contributed by atoms with Crippen molar-refractivity contribution in [2.75, 3.05) is 0 Å². The molecule has 1 fully saturated rings. The molecule has 0 aliphatic carbocycles. The summed E-state index contributed by atoms with van der Waals surface area (Å²) < 4.78 is 18.3. The highest BCUT2D eigenvalue weighted by Crippen LogP contribution is 2.36. The van der Waals surface area contributed by atoms with Gasteiger partial charge in [0.15, 0.2) is 0 Å². The maximum Gasteiger partial charge on any atom is 0.494 e. The lowest BCUT2D eigenvalue weighted by Gasteiger charge is -2.32. The molecule has 1 aliphatic rings. The van der Waals surface area contributed by atoms with E-state index in [0.717, 1.165) is 16.8 Å². The molecule has 26 heavy (non-hydrogen) atoms. The van der Waals surface area contributed by atoms with E-state index in [1.807, 2.05) is 0 Å². The minimum Gasteiger partial charge on any atom is -0.489 e. The first kappa shape index (κ1) is 19.0. The van der Waals surface area contributed by atoms with Crippen LogP contribution >= 0.6 is 0 Å². The first-order valence-corrected chi connectivity index (χ1v) is 9.24. The monoisotopic (exact) mass is 352 g/mol. The Morgan fingerprint density at radius 2 is 1.46 bits per heavy atom. The first-order valence-electron chi connectivity index (χ1n) is 9.24. The molecule has 0 amide bonds. The minimum atomic E-state index is -0.323. The van der Waals surface area contributed by atoms with E-state index in [2.05, 4.69) is 84.9 Å². The Morgan fingerprint density at radius 1 is 0.885 bits per heavy atom. The summed E-state index contributed by atoms with van der Waals surface area (Å²) in [6.07, 6.45) is 0. The fourth-order valence-electron chi connectivity index (χ4n) is 3.06. The van der Waals surface area contributed by atoms with E-state index in [0.29, 0.717) is 6.61 Å². The maximum absolute atomic E-state index is 6.11. The largest absolute Gasteiger partial charge is 0.494 e. The van der Waals surface area contributed by atoms with Crippen molar-refractivity contribution in [1.82, 2.24) is 0 Å². The molecule has 138 valence electrons. The quantitative estimate of drug-likeness (QED) is 0.759. The molecule has 0 radical (unpaired) electrons. The van der Waals surface area contributed by atoms with Crippen molar-refractivity contribution in [3.8, 4) is 5.75 Å². The van der Waals surface area contributed by atoms with Crippen molar-refractivity contribution >= 4 is 12.6 Å². The van der Waals surface area contributed by atoms with Crippen LogP contribution in [0.3, 0.4) is 0 Å². The third kappa shape index (κ3) is 3.67. The lowest BCUT2D eigenvalue weighted by atomic mass is 9.79. The summed E-state index contributed by atoms with van der Waals surface area (Å²) in [7, 11) is -0.323. The number of hydrogen-bond acceptors (Lipinski definition) is 3. The summed E-state index contributed by atoms with van der Waals surface area (Å²) in [5.41, 5.74) is 5.21. The summed E-state index contributed by atoms with van der Waals surface area (Å²) in [6, 6.07) is 12.6. The third-order valence-corrected chi connectivity index (χ3v) is 5.66. The fourth-order valence-corrected chi connectivity index (χ4v) is 3.06. The Kier molecular flexibility index (Phi) is 4.93. The van der Waals surface area contributed by atoms with E-state index >= 15 is 0 Å². The predicted molar refractivity (Wildman–Crippen MR) is 107 cm³/mol. The molecule has 3 rings (SSSR count). The molecule has 2 aromatic carbocycles. The van der Waals surface area contributed by atoms with Gasteiger partial charge in [0.1, 0.15) is 12.4 Å². The molecule has 0 bridgehead atoms. The van der Waals surface area contributed by atoms with Crippen LogP contribution in [0.2, 0.25) is 0 Å².